The van der Waals surface area contributed by atoms with Gasteiger partial charge in [0, 0.05) is 12.6 Å². The van der Waals surface area contributed by atoms with Gasteiger partial charge in [-0.15, -0.1) is 0 Å². The van der Waals surface area contributed by atoms with Crippen molar-refractivity contribution in [1.82, 2.24) is 5.32 Å². The molecule has 2 heteroatoms. The van der Waals surface area contributed by atoms with E-state index >= 15 is 0 Å². The molecule has 0 heterocycles. The first kappa shape index (κ1) is 13.4. The second kappa shape index (κ2) is 7.38. The fraction of sp³-hybridized carbons (Fsp3) is 1.00. The summed E-state index contributed by atoms with van der Waals surface area (Å²) in [6, 6.07) is 0.622. The molecule has 100 valence electrons. The van der Waals surface area contributed by atoms with Crippen LogP contribution in [0.2, 0.25) is 0 Å². The topological polar surface area (TPSA) is 21.3 Å². The summed E-state index contributed by atoms with van der Waals surface area (Å²) in [4.78, 5) is 0. The Hall–Kier alpha value is -0.0800. The Kier molecular flexibility index (Phi) is 5.79. The summed E-state index contributed by atoms with van der Waals surface area (Å²) in [5.41, 5.74) is 0. The Bertz CT molecular complexity index is 197. The molecule has 0 aromatic carbocycles. The van der Waals surface area contributed by atoms with Gasteiger partial charge in [-0.2, -0.15) is 0 Å². The molecule has 1 N–H and O–H groups in total. The first-order chi connectivity index (χ1) is 8.40. The molecule has 2 aliphatic rings. The molecule has 0 saturated heterocycles. The Labute approximate surface area is 107 Å². The van der Waals surface area contributed by atoms with Crippen molar-refractivity contribution >= 4 is 0 Å². The first-order valence-electron chi connectivity index (χ1n) is 7.71. The van der Waals surface area contributed by atoms with Crippen LogP contribution in [0.3, 0.4) is 0 Å². The lowest BCUT2D eigenvalue weighted by Crippen LogP contribution is -2.39. The van der Waals surface area contributed by atoms with Crippen LogP contribution in [0.1, 0.15) is 58.3 Å². The maximum absolute atomic E-state index is 5.89. The van der Waals surface area contributed by atoms with Crippen LogP contribution in [0.4, 0.5) is 0 Å². The predicted octanol–water partition coefficient (Wildman–Crippen LogP) is 3.36. The maximum Gasteiger partial charge on any atom is 0.0622 e. The van der Waals surface area contributed by atoms with E-state index in [2.05, 4.69) is 12.2 Å². The Morgan fingerprint density at radius 1 is 1.18 bits per heavy atom. The van der Waals surface area contributed by atoms with E-state index in [1.807, 2.05) is 0 Å². The molecule has 0 amide bonds. The number of hydrogen-bond acceptors (Lipinski definition) is 2. The molecule has 1 atom stereocenters. The van der Waals surface area contributed by atoms with E-state index < -0.39 is 0 Å². The fourth-order valence-electron chi connectivity index (χ4n) is 2.92. The predicted molar refractivity (Wildman–Crippen MR) is 72.2 cm³/mol. The normalized spacial score (nSPS) is 23.1. The summed E-state index contributed by atoms with van der Waals surface area (Å²) in [6.45, 7) is 5.32. The molecule has 0 aromatic heterocycles. The lowest BCUT2D eigenvalue weighted by Gasteiger charge is -2.24. The Morgan fingerprint density at radius 2 is 1.94 bits per heavy atom. The van der Waals surface area contributed by atoms with Crippen molar-refractivity contribution in [2.24, 2.45) is 11.8 Å². The van der Waals surface area contributed by atoms with Gasteiger partial charge in [-0.05, 0) is 44.1 Å². The molecule has 0 bridgehead atoms. The zero-order valence-electron chi connectivity index (χ0n) is 11.4. The van der Waals surface area contributed by atoms with Crippen molar-refractivity contribution in [2.75, 3.05) is 19.8 Å². The van der Waals surface area contributed by atoms with Crippen LogP contribution >= 0.6 is 0 Å². The van der Waals surface area contributed by atoms with Gasteiger partial charge < -0.3 is 10.1 Å². The van der Waals surface area contributed by atoms with Gasteiger partial charge >= 0.3 is 0 Å². The Morgan fingerprint density at radius 3 is 2.59 bits per heavy atom. The van der Waals surface area contributed by atoms with Crippen molar-refractivity contribution in [1.29, 1.82) is 0 Å². The molecule has 2 aliphatic carbocycles. The van der Waals surface area contributed by atoms with Gasteiger partial charge in [0.1, 0.15) is 0 Å². The van der Waals surface area contributed by atoms with Crippen LogP contribution < -0.4 is 5.32 Å². The monoisotopic (exact) mass is 239 g/mol. The number of nitrogens with one attached hydrogen (secondary N) is 1. The highest BCUT2D eigenvalue weighted by Gasteiger charge is 2.25. The van der Waals surface area contributed by atoms with Gasteiger partial charge in [-0.3, -0.25) is 0 Å². The van der Waals surface area contributed by atoms with Crippen molar-refractivity contribution < 1.29 is 4.74 Å². The second-order valence-electron chi connectivity index (χ2n) is 5.91. The van der Waals surface area contributed by atoms with E-state index in [0.29, 0.717) is 6.04 Å². The Balaban J connectivity index is 1.61. The summed E-state index contributed by atoms with van der Waals surface area (Å²) in [6.07, 6.45) is 11.1. The third-order valence-electron chi connectivity index (χ3n) is 4.29. The van der Waals surface area contributed by atoms with Crippen LogP contribution in [0, 0.1) is 11.8 Å². The lowest BCUT2D eigenvalue weighted by molar-refractivity contribution is 0.0892. The number of hydrogen-bond donors (Lipinski definition) is 1. The minimum absolute atomic E-state index is 0.622. The van der Waals surface area contributed by atoms with Crippen molar-refractivity contribution in [3.63, 3.8) is 0 Å². The fourth-order valence-corrected chi connectivity index (χ4v) is 2.92. The lowest BCUT2D eigenvalue weighted by atomic mass is 9.99. The molecular formula is C15H29NO. The molecular weight excluding hydrogens is 210 g/mol. The quantitative estimate of drug-likeness (QED) is 0.623. The zero-order chi connectivity index (χ0) is 11.9. The molecule has 17 heavy (non-hydrogen) atoms. The molecule has 0 aliphatic heterocycles. The standard InChI is InChI=1S/C15H29NO/c1-2-10-16-15(14-5-3-4-6-14)12-17-11-9-13-7-8-13/h13-16H,2-12H2,1H3. The van der Waals surface area contributed by atoms with Crippen LogP contribution in [-0.4, -0.2) is 25.8 Å². The van der Waals surface area contributed by atoms with Crippen LogP contribution in [-0.2, 0) is 4.74 Å². The summed E-state index contributed by atoms with van der Waals surface area (Å²) >= 11 is 0. The van der Waals surface area contributed by atoms with E-state index in [1.165, 1.54) is 51.4 Å². The summed E-state index contributed by atoms with van der Waals surface area (Å²) in [5.74, 6) is 1.88. The van der Waals surface area contributed by atoms with Gasteiger partial charge in [0.15, 0.2) is 0 Å². The largest absolute Gasteiger partial charge is 0.380 e. The average Bonchev–Trinajstić information content (AvgIpc) is 3.01. The SMILES string of the molecule is CCCNC(COCCC1CC1)C1CCCC1. The van der Waals surface area contributed by atoms with E-state index in [0.717, 1.165) is 31.6 Å². The van der Waals surface area contributed by atoms with E-state index in [1.54, 1.807) is 0 Å². The van der Waals surface area contributed by atoms with E-state index in [4.69, 9.17) is 4.74 Å². The third kappa shape index (κ3) is 4.97. The van der Waals surface area contributed by atoms with Crippen LogP contribution in [0.25, 0.3) is 0 Å². The summed E-state index contributed by atoms with van der Waals surface area (Å²) in [7, 11) is 0. The number of rotatable bonds is 9. The molecule has 0 spiro atoms. The second-order valence-corrected chi connectivity index (χ2v) is 5.91. The highest BCUT2D eigenvalue weighted by Crippen LogP contribution is 2.32. The van der Waals surface area contributed by atoms with Crippen LogP contribution in [0.15, 0.2) is 0 Å². The molecule has 2 nitrogen and oxygen atoms in total. The van der Waals surface area contributed by atoms with Gasteiger partial charge in [0.25, 0.3) is 0 Å². The van der Waals surface area contributed by atoms with Gasteiger partial charge in [-0.25, -0.2) is 0 Å². The molecule has 2 saturated carbocycles. The highest BCUT2D eigenvalue weighted by molar-refractivity contribution is 4.80. The molecule has 0 radical (unpaired) electrons. The van der Waals surface area contributed by atoms with Gasteiger partial charge in [0.05, 0.1) is 6.61 Å². The van der Waals surface area contributed by atoms with Crippen molar-refractivity contribution in [2.45, 2.75) is 64.3 Å². The minimum atomic E-state index is 0.622. The minimum Gasteiger partial charge on any atom is -0.380 e. The first-order valence-corrected chi connectivity index (χ1v) is 7.71. The highest BCUT2D eigenvalue weighted by atomic mass is 16.5. The molecule has 2 fully saturated rings. The maximum atomic E-state index is 5.89. The number of ether oxygens (including phenoxy) is 1. The van der Waals surface area contributed by atoms with E-state index in [9.17, 15) is 0 Å². The van der Waals surface area contributed by atoms with Crippen molar-refractivity contribution in [3.8, 4) is 0 Å². The molecule has 1 unspecified atom stereocenters. The molecule has 0 aromatic rings. The summed E-state index contributed by atoms with van der Waals surface area (Å²) in [5, 5.41) is 3.69. The van der Waals surface area contributed by atoms with Crippen molar-refractivity contribution in [3.05, 3.63) is 0 Å². The van der Waals surface area contributed by atoms with Gasteiger partial charge in [0.2, 0.25) is 0 Å². The summed E-state index contributed by atoms with van der Waals surface area (Å²) < 4.78 is 5.89. The van der Waals surface area contributed by atoms with Gasteiger partial charge in [-0.1, -0.05) is 32.6 Å². The smallest absolute Gasteiger partial charge is 0.0622 e. The zero-order valence-corrected chi connectivity index (χ0v) is 11.4. The average molecular weight is 239 g/mol. The van der Waals surface area contributed by atoms with E-state index in [-0.39, 0.29) is 0 Å². The third-order valence-corrected chi connectivity index (χ3v) is 4.29. The van der Waals surface area contributed by atoms with Crippen LogP contribution in [0.5, 0.6) is 0 Å². The molecule has 2 rings (SSSR count).